The summed E-state index contributed by atoms with van der Waals surface area (Å²) in [6.45, 7) is 1.27. The summed E-state index contributed by atoms with van der Waals surface area (Å²) in [5.74, 6) is -0.128. The van der Waals surface area contributed by atoms with Crippen LogP contribution in [0.2, 0.25) is 10.0 Å². The number of nitrogens with one attached hydrogen (secondary N) is 2. The van der Waals surface area contributed by atoms with Gasteiger partial charge in [-0.05, 0) is 42.8 Å². The van der Waals surface area contributed by atoms with E-state index < -0.39 is 11.8 Å². The third-order valence-corrected chi connectivity index (χ3v) is 3.58. The molecule has 0 unspecified atom stereocenters. The lowest BCUT2D eigenvalue weighted by Gasteiger charge is -2.11. The van der Waals surface area contributed by atoms with Crippen molar-refractivity contribution in [3.63, 3.8) is 0 Å². The first kappa shape index (κ1) is 18.9. The minimum absolute atomic E-state index is 0.256. The molecular formula is C17H16Cl2N2O4. The van der Waals surface area contributed by atoms with Crippen molar-refractivity contribution in [1.82, 2.24) is 10.9 Å². The highest BCUT2D eigenvalue weighted by Crippen LogP contribution is 2.23. The maximum atomic E-state index is 11.7. The molecule has 2 N–H and O–H groups in total. The summed E-state index contributed by atoms with van der Waals surface area (Å²) in [7, 11) is 0. The zero-order chi connectivity index (χ0) is 18.2. The van der Waals surface area contributed by atoms with Crippen LogP contribution in [-0.2, 0) is 9.59 Å². The van der Waals surface area contributed by atoms with Crippen LogP contribution in [0.4, 0.5) is 0 Å². The molecule has 2 aromatic rings. The Balaban J connectivity index is 1.70. The molecule has 6 nitrogen and oxygen atoms in total. The van der Waals surface area contributed by atoms with Gasteiger partial charge in [-0.2, -0.15) is 0 Å². The highest BCUT2D eigenvalue weighted by Gasteiger charge is 2.08. The van der Waals surface area contributed by atoms with E-state index in [1.54, 1.807) is 42.5 Å². The smallest absolute Gasteiger partial charge is 0.276 e. The van der Waals surface area contributed by atoms with Crippen molar-refractivity contribution in [2.75, 3.05) is 13.2 Å². The second-order valence-corrected chi connectivity index (χ2v) is 5.86. The predicted molar refractivity (Wildman–Crippen MR) is 94.9 cm³/mol. The van der Waals surface area contributed by atoms with Gasteiger partial charge in [-0.3, -0.25) is 20.4 Å². The molecule has 0 aromatic heterocycles. The number of hydrogen-bond donors (Lipinski definition) is 2. The van der Waals surface area contributed by atoms with Crippen LogP contribution >= 0.6 is 23.2 Å². The first-order valence-electron chi connectivity index (χ1n) is 7.29. The molecule has 8 heteroatoms. The van der Waals surface area contributed by atoms with Gasteiger partial charge in [0.25, 0.3) is 11.8 Å². The minimum atomic E-state index is -0.532. The lowest BCUT2D eigenvalue weighted by Crippen LogP contribution is -2.45. The fourth-order valence-corrected chi connectivity index (χ4v) is 2.25. The van der Waals surface area contributed by atoms with Crippen LogP contribution in [0.1, 0.15) is 5.56 Å². The van der Waals surface area contributed by atoms with E-state index in [1.165, 1.54) is 0 Å². The highest BCUT2D eigenvalue weighted by atomic mass is 35.5. The second-order valence-electron chi connectivity index (χ2n) is 5.01. The molecule has 2 rings (SSSR count). The van der Waals surface area contributed by atoms with Gasteiger partial charge in [-0.15, -0.1) is 0 Å². The molecule has 0 aliphatic carbocycles. The van der Waals surface area contributed by atoms with Gasteiger partial charge in [0.05, 0.1) is 5.02 Å². The Kier molecular flexibility index (Phi) is 6.91. The number of rotatable bonds is 6. The zero-order valence-corrected chi connectivity index (χ0v) is 14.9. The first-order valence-corrected chi connectivity index (χ1v) is 8.05. The standard InChI is InChI=1S/C17H16Cl2N2O4/c1-11-8-12(18)6-7-14(11)24-9-16(22)20-21-17(23)10-25-15-5-3-2-4-13(15)19/h2-8H,9-10H2,1H3,(H,20,22)(H,21,23). The number of hydrazine groups is 1. The van der Waals surface area contributed by atoms with Gasteiger partial charge in [0.2, 0.25) is 0 Å². The van der Waals surface area contributed by atoms with Gasteiger partial charge in [-0.1, -0.05) is 35.3 Å². The molecule has 0 atom stereocenters. The van der Waals surface area contributed by atoms with Gasteiger partial charge >= 0.3 is 0 Å². The average molecular weight is 383 g/mol. The Hall–Kier alpha value is -2.44. The molecule has 0 fully saturated rings. The first-order chi connectivity index (χ1) is 12.0. The number of amides is 2. The number of hydrogen-bond acceptors (Lipinski definition) is 4. The number of para-hydroxylation sites is 1. The van der Waals surface area contributed by atoms with Crippen molar-refractivity contribution < 1.29 is 19.1 Å². The summed E-state index contributed by atoms with van der Waals surface area (Å²) in [6, 6.07) is 11.8. The van der Waals surface area contributed by atoms with E-state index in [4.69, 9.17) is 32.7 Å². The van der Waals surface area contributed by atoms with Crippen molar-refractivity contribution in [3.05, 3.63) is 58.1 Å². The van der Waals surface area contributed by atoms with E-state index in [-0.39, 0.29) is 13.2 Å². The lowest BCUT2D eigenvalue weighted by atomic mass is 10.2. The summed E-state index contributed by atoms with van der Waals surface area (Å²) in [6.07, 6.45) is 0. The van der Waals surface area contributed by atoms with E-state index in [2.05, 4.69) is 10.9 Å². The number of ether oxygens (including phenoxy) is 2. The van der Waals surface area contributed by atoms with Gasteiger partial charge < -0.3 is 9.47 Å². The van der Waals surface area contributed by atoms with Crippen molar-refractivity contribution in [3.8, 4) is 11.5 Å². The molecule has 0 aliphatic heterocycles. The van der Waals surface area contributed by atoms with Crippen LogP contribution in [0.5, 0.6) is 11.5 Å². The van der Waals surface area contributed by atoms with Crippen molar-refractivity contribution in [2.45, 2.75) is 6.92 Å². The molecule has 0 saturated heterocycles. The fourth-order valence-electron chi connectivity index (χ4n) is 1.83. The third kappa shape index (κ3) is 6.17. The van der Waals surface area contributed by atoms with E-state index in [0.717, 1.165) is 5.56 Å². The Labute approximate surface area is 155 Å². The number of carbonyl (C=O) groups excluding carboxylic acids is 2. The zero-order valence-electron chi connectivity index (χ0n) is 13.3. The van der Waals surface area contributed by atoms with Crippen molar-refractivity contribution in [1.29, 1.82) is 0 Å². The SMILES string of the molecule is Cc1cc(Cl)ccc1OCC(=O)NNC(=O)COc1ccccc1Cl. The maximum Gasteiger partial charge on any atom is 0.276 e. The molecule has 0 aliphatic rings. The van der Waals surface area contributed by atoms with Crippen molar-refractivity contribution in [2.24, 2.45) is 0 Å². The highest BCUT2D eigenvalue weighted by molar-refractivity contribution is 6.32. The normalized spacial score (nSPS) is 10.0. The van der Waals surface area contributed by atoms with Crippen LogP contribution in [-0.4, -0.2) is 25.0 Å². The molecule has 0 bridgehead atoms. The predicted octanol–water partition coefficient (Wildman–Crippen LogP) is 2.91. The van der Waals surface area contributed by atoms with E-state index in [0.29, 0.717) is 21.5 Å². The summed E-state index contributed by atoms with van der Waals surface area (Å²) < 4.78 is 10.6. The van der Waals surface area contributed by atoms with E-state index >= 15 is 0 Å². The van der Waals surface area contributed by atoms with E-state index in [9.17, 15) is 9.59 Å². The summed E-state index contributed by atoms with van der Waals surface area (Å²) in [5.41, 5.74) is 5.26. The van der Waals surface area contributed by atoms with Gasteiger partial charge in [0, 0.05) is 5.02 Å². The fraction of sp³-hybridized carbons (Fsp3) is 0.176. The summed E-state index contributed by atoms with van der Waals surface area (Å²) in [5, 5.41) is 0.978. The molecule has 2 aromatic carbocycles. The molecule has 0 radical (unpaired) electrons. The van der Waals surface area contributed by atoms with Crippen molar-refractivity contribution >= 4 is 35.0 Å². The topological polar surface area (TPSA) is 76.7 Å². The van der Waals surface area contributed by atoms with Gasteiger partial charge in [0.1, 0.15) is 11.5 Å². The van der Waals surface area contributed by atoms with Gasteiger partial charge in [0.15, 0.2) is 13.2 Å². The maximum absolute atomic E-state index is 11.7. The second kappa shape index (κ2) is 9.15. The number of carbonyl (C=O) groups is 2. The lowest BCUT2D eigenvalue weighted by molar-refractivity contribution is -0.131. The van der Waals surface area contributed by atoms with Crippen LogP contribution in [0.25, 0.3) is 0 Å². The Morgan fingerprint density at radius 2 is 1.52 bits per heavy atom. The molecule has 25 heavy (non-hydrogen) atoms. The largest absolute Gasteiger partial charge is 0.483 e. The molecule has 0 spiro atoms. The Bertz CT molecular complexity index is 768. The monoisotopic (exact) mass is 382 g/mol. The van der Waals surface area contributed by atoms with Crippen LogP contribution in [0, 0.1) is 6.92 Å². The number of halogens is 2. The molecular weight excluding hydrogens is 367 g/mol. The Morgan fingerprint density at radius 1 is 0.920 bits per heavy atom. The van der Waals surface area contributed by atoms with Crippen LogP contribution in [0.3, 0.4) is 0 Å². The molecule has 132 valence electrons. The third-order valence-electron chi connectivity index (χ3n) is 3.03. The summed E-state index contributed by atoms with van der Waals surface area (Å²) in [4.78, 5) is 23.3. The number of benzene rings is 2. The van der Waals surface area contributed by atoms with Crippen LogP contribution < -0.4 is 20.3 Å². The van der Waals surface area contributed by atoms with Gasteiger partial charge in [-0.25, -0.2) is 0 Å². The molecule has 2 amide bonds. The quantitative estimate of drug-likeness (QED) is 0.753. The average Bonchev–Trinajstić information content (AvgIpc) is 2.58. The Morgan fingerprint density at radius 3 is 2.12 bits per heavy atom. The van der Waals surface area contributed by atoms with E-state index in [1.807, 2.05) is 6.92 Å². The molecule has 0 saturated carbocycles. The number of aryl methyl sites for hydroxylation is 1. The van der Waals surface area contributed by atoms with Crippen LogP contribution in [0.15, 0.2) is 42.5 Å². The minimum Gasteiger partial charge on any atom is -0.483 e. The molecule has 0 heterocycles. The summed E-state index contributed by atoms with van der Waals surface area (Å²) >= 11 is 11.8.